The third kappa shape index (κ3) is 2.53. The van der Waals surface area contributed by atoms with Crippen LogP contribution < -0.4 is 5.73 Å². The number of aromatic nitrogens is 3. The molecule has 0 aliphatic heterocycles. The van der Waals surface area contributed by atoms with Crippen molar-refractivity contribution in [1.82, 2.24) is 15.1 Å². The van der Waals surface area contributed by atoms with E-state index >= 15 is 0 Å². The maximum atomic E-state index is 5.89. The highest BCUT2D eigenvalue weighted by Crippen LogP contribution is 2.36. The van der Waals surface area contributed by atoms with Crippen LogP contribution in [0.4, 0.5) is 5.69 Å². The van der Waals surface area contributed by atoms with E-state index in [1.807, 2.05) is 0 Å². The van der Waals surface area contributed by atoms with Crippen molar-refractivity contribution in [1.29, 1.82) is 0 Å². The van der Waals surface area contributed by atoms with Gasteiger partial charge in [0.25, 0.3) is 5.89 Å². The normalized spacial score (nSPS) is 22.9. The van der Waals surface area contributed by atoms with Crippen LogP contribution in [0.3, 0.4) is 0 Å². The molecule has 5 nitrogen and oxygen atoms in total. The monoisotopic (exact) mass is 272 g/mol. The number of nitrogens with zero attached hydrogens (tertiary/aromatic N) is 3. The minimum Gasteiger partial charge on any atom is -0.397 e. The van der Waals surface area contributed by atoms with Crippen LogP contribution in [0.2, 0.25) is 0 Å². The van der Waals surface area contributed by atoms with Gasteiger partial charge in [0.15, 0.2) is 5.82 Å². The predicted molar refractivity (Wildman–Crippen MR) is 76.9 cm³/mol. The molecule has 0 bridgehead atoms. The maximum absolute atomic E-state index is 5.89. The average Bonchev–Trinajstić information content (AvgIpc) is 2.97. The molecule has 0 spiro atoms. The van der Waals surface area contributed by atoms with Crippen LogP contribution in [0.1, 0.15) is 50.8 Å². The molecule has 1 saturated carbocycles. The third-order valence-corrected chi connectivity index (χ3v) is 4.31. The lowest BCUT2D eigenvalue weighted by Crippen LogP contribution is -2.13. The number of hydrogen-bond acceptors (Lipinski definition) is 5. The Morgan fingerprint density at radius 3 is 2.80 bits per heavy atom. The fraction of sp³-hybridized carbons (Fsp3) is 0.533. The Morgan fingerprint density at radius 2 is 2.10 bits per heavy atom. The lowest BCUT2D eigenvalue weighted by Gasteiger charge is -2.25. The van der Waals surface area contributed by atoms with E-state index in [2.05, 4.69) is 22.0 Å². The Labute approximate surface area is 118 Å². The van der Waals surface area contributed by atoms with Gasteiger partial charge in [0.1, 0.15) is 0 Å². The van der Waals surface area contributed by atoms with Gasteiger partial charge in [0, 0.05) is 12.1 Å². The van der Waals surface area contributed by atoms with Crippen molar-refractivity contribution in [3.05, 3.63) is 24.3 Å². The van der Waals surface area contributed by atoms with Gasteiger partial charge in [-0.2, -0.15) is 4.98 Å². The van der Waals surface area contributed by atoms with Gasteiger partial charge < -0.3 is 10.3 Å². The average molecular weight is 272 g/mol. The van der Waals surface area contributed by atoms with Crippen LogP contribution in [0.25, 0.3) is 11.5 Å². The van der Waals surface area contributed by atoms with Gasteiger partial charge in [-0.1, -0.05) is 18.5 Å². The van der Waals surface area contributed by atoms with Gasteiger partial charge in [-0.25, -0.2) is 0 Å². The molecule has 0 atom stereocenters. The first kappa shape index (κ1) is 13.1. The Hall–Kier alpha value is -1.91. The van der Waals surface area contributed by atoms with Gasteiger partial charge in [-0.05, 0) is 37.7 Å². The molecule has 2 aromatic heterocycles. The predicted octanol–water partition coefficient (Wildman–Crippen LogP) is 3.40. The summed E-state index contributed by atoms with van der Waals surface area (Å²) in [5, 5.41) is 4.15. The first-order valence-corrected chi connectivity index (χ1v) is 7.31. The maximum Gasteiger partial charge on any atom is 0.260 e. The van der Waals surface area contributed by atoms with E-state index < -0.39 is 0 Å². The Balaban J connectivity index is 1.76. The van der Waals surface area contributed by atoms with Crippen LogP contribution in [-0.2, 0) is 0 Å². The quantitative estimate of drug-likeness (QED) is 0.926. The molecule has 5 heteroatoms. The summed E-state index contributed by atoms with van der Waals surface area (Å²) >= 11 is 0. The molecule has 20 heavy (non-hydrogen) atoms. The second kappa shape index (κ2) is 5.61. The highest BCUT2D eigenvalue weighted by molar-refractivity contribution is 5.68. The lowest BCUT2D eigenvalue weighted by atomic mass is 9.80. The van der Waals surface area contributed by atoms with Crippen LogP contribution in [0.5, 0.6) is 0 Å². The smallest absolute Gasteiger partial charge is 0.260 e. The van der Waals surface area contributed by atoms with Crippen LogP contribution in [0, 0.1) is 5.92 Å². The Bertz CT molecular complexity index is 573. The van der Waals surface area contributed by atoms with Gasteiger partial charge in [0.05, 0.1) is 17.4 Å². The fourth-order valence-electron chi connectivity index (χ4n) is 2.94. The van der Waals surface area contributed by atoms with Crippen molar-refractivity contribution in [3.63, 3.8) is 0 Å². The summed E-state index contributed by atoms with van der Waals surface area (Å²) in [6, 6.07) is 1.81. The van der Waals surface area contributed by atoms with Gasteiger partial charge >= 0.3 is 0 Å². The molecule has 2 aromatic rings. The fourth-order valence-corrected chi connectivity index (χ4v) is 2.94. The highest BCUT2D eigenvalue weighted by Gasteiger charge is 2.25. The molecule has 0 amide bonds. The molecule has 0 saturated heterocycles. The largest absolute Gasteiger partial charge is 0.397 e. The molecule has 2 heterocycles. The minimum atomic E-state index is 0.429. The number of pyridine rings is 1. The molecule has 2 N–H and O–H groups in total. The van der Waals surface area contributed by atoms with E-state index in [4.69, 9.17) is 10.3 Å². The second-order valence-corrected chi connectivity index (χ2v) is 5.55. The molecule has 106 valence electrons. The summed E-state index contributed by atoms with van der Waals surface area (Å²) < 4.78 is 5.37. The number of nitrogen functional groups attached to an aromatic ring is 1. The first-order valence-electron chi connectivity index (χ1n) is 7.31. The van der Waals surface area contributed by atoms with E-state index in [0.29, 0.717) is 17.5 Å². The zero-order chi connectivity index (χ0) is 13.9. The van der Waals surface area contributed by atoms with E-state index in [1.54, 1.807) is 18.5 Å². The van der Waals surface area contributed by atoms with E-state index in [0.717, 1.165) is 30.1 Å². The van der Waals surface area contributed by atoms with Crippen LogP contribution >= 0.6 is 0 Å². The van der Waals surface area contributed by atoms with Gasteiger partial charge in [0.2, 0.25) is 0 Å². The zero-order valence-corrected chi connectivity index (χ0v) is 11.7. The number of rotatable bonds is 3. The van der Waals surface area contributed by atoms with Crippen LogP contribution in [0.15, 0.2) is 23.0 Å². The number of nitrogens with two attached hydrogens (primary N) is 1. The molecule has 3 rings (SSSR count). The molecule has 0 aromatic carbocycles. The third-order valence-electron chi connectivity index (χ3n) is 4.31. The van der Waals surface area contributed by atoms with E-state index in [1.165, 1.54) is 19.3 Å². The highest BCUT2D eigenvalue weighted by atomic mass is 16.5. The summed E-state index contributed by atoms with van der Waals surface area (Å²) in [5.74, 6) is 2.62. The standard InChI is InChI=1S/C15H20N4O/c1-2-10-3-5-11(6-4-10)14-18-15(20-19-14)12-7-8-17-9-13(12)16/h7-11H,2-6,16H2,1H3. The van der Waals surface area contributed by atoms with Crippen molar-refractivity contribution in [2.24, 2.45) is 5.92 Å². The topological polar surface area (TPSA) is 77.8 Å². The van der Waals surface area contributed by atoms with Crippen molar-refractivity contribution < 1.29 is 4.52 Å². The Morgan fingerprint density at radius 1 is 1.30 bits per heavy atom. The minimum absolute atomic E-state index is 0.429. The van der Waals surface area contributed by atoms with Crippen molar-refractivity contribution in [2.75, 3.05) is 5.73 Å². The van der Waals surface area contributed by atoms with Crippen molar-refractivity contribution in [3.8, 4) is 11.5 Å². The van der Waals surface area contributed by atoms with Crippen molar-refractivity contribution in [2.45, 2.75) is 44.9 Å². The second-order valence-electron chi connectivity index (χ2n) is 5.55. The van der Waals surface area contributed by atoms with Crippen LogP contribution in [-0.4, -0.2) is 15.1 Å². The molecular formula is C15H20N4O. The summed E-state index contributed by atoms with van der Waals surface area (Å²) in [6.45, 7) is 2.27. The van der Waals surface area contributed by atoms with E-state index in [9.17, 15) is 0 Å². The SMILES string of the molecule is CCC1CCC(c2noc(-c3ccncc3N)n2)CC1. The first-order chi connectivity index (χ1) is 9.78. The molecular weight excluding hydrogens is 252 g/mol. The zero-order valence-electron chi connectivity index (χ0n) is 11.7. The van der Waals surface area contributed by atoms with E-state index in [-0.39, 0.29) is 0 Å². The summed E-state index contributed by atoms with van der Waals surface area (Å²) in [5.41, 5.74) is 7.22. The summed E-state index contributed by atoms with van der Waals surface area (Å²) in [6.07, 6.45) is 9.41. The number of hydrogen-bond donors (Lipinski definition) is 1. The lowest BCUT2D eigenvalue weighted by molar-refractivity contribution is 0.305. The molecule has 1 aliphatic rings. The molecule has 1 aliphatic carbocycles. The van der Waals surface area contributed by atoms with Gasteiger partial charge in [-0.15, -0.1) is 0 Å². The Kier molecular flexibility index (Phi) is 3.67. The summed E-state index contributed by atoms with van der Waals surface area (Å²) in [7, 11) is 0. The summed E-state index contributed by atoms with van der Waals surface area (Å²) in [4.78, 5) is 8.50. The van der Waals surface area contributed by atoms with Crippen molar-refractivity contribution >= 4 is 5.69 Å². The molecule has 0 unspecified atom stereocenters. The molecule has 1 fully saturated rings. The molecule has 0 radical (unpaired) electrons. The van der Waals surface area contributed by atoms with Gasteiger partial charge in [-0.3, -0.25) is 4.98 Å². The number of anilines is 1.